The second kappa shape index (κ2) is 10.7. The average Bonchev–Trinajstić information content (AvgIpc) is 3.20. The van der Waals surface area contributed by atoms with Crippen LogP contribution in [-0.4, -0.2) is 62.0 Å². The van der Waals surface area contributed by atoms with Gasteiger partial charge in [0.1, 0.15) is 6.04 Å². The summed E-state index contributed by atoms with van der Waals surface area (Å²) in [7, 11) is 1.58. The summed E-state index contributed by atoms with van der Waals surface area (Å²) < 4.78 is 4.99. The van der Waals surface area contributed by atoms with Gasteiger partial charge in [-0.15, -0.1) is 11.3 Å². The Morgan fingerprint density at radius 3 is 2.52 bits per heavy atom. The first-order valence-corrected chi connectivity index (χ1v) is 11.0. The summed E-state index contributed by atoms with van der Waals surface area (Å²) in [5, 5.41) is 7.59. The molecule has 0 aromatic carbocycles. The number of hydrogen-bond acceptors (Lipinski definition) is 5. The topological polar surface area (TPSA) is 87.7 Å². The number of piperidine rings is 1. The first-order chi connectivity index (χ1) is 13.7. The van der Waals surface area contributed by atoms with Gasteiger partial charge in [-0.25, -0.2) is 0 Å². The van der Waals surface area contributed by atoms with Crippen LogP contribution in [-0.2, 0) is 14.3 Å². The van der Waals surface area contributed by atoms with Crippen LogP contribution in [0, 0.1) is 11.3 Å². The monoisotopic (exact) mass is 423 g/mol. The van der Waals surface area contributed by atoms with Gasteiger partial charge in [-0.05, 0) is 35.6 Å². The van der Waals surface area contributed by atoms with E-state index in [1.807, 2.05) is 16.3 Å². The minimum Gasteiger partial charge on any atom is -0.383 e. The lowest BCUT2D eigenvalue weighted by atomic mass is 9.87. The standard InChI is InChI=1S/C21H33N3O4S/c1-21(2,3)14-17(25)24-10-7-15(8-11-24)18(20(27)22-9-12-28-4)23-19(26)16-6-5-13-29-16/h5-6,13,15,18H,7-12,14H2,1-4H3,(H,22,27)(H,23,26). The lowest BCUT2D eigenvalue weighted by Gasteiger charge is -2.36. The van der Waals surface area contributed by atoms with E-state index in [-0.39, 0.29) is 29.1 Å². The van der Waals surface area contributed by atoms with Gasteiger partial charge >= 0.3 is 0 Å². The zero-order valence-electron chi connectivity index (χ0n) is 17.8. The number of nitrogens with zero attached hydrogens (tertiary/aromatic N) is 1. The molecule has 29 heavy (non-hydrogen) atoms. The van der Waals surface area contributed by atoms with E-state index in [0.29, 0.717) is 50.4 Å². The molecule has 0 saturated carbocycles. The Balaban J connectivity index is 2.00. The van der Waals surface area contributed by atoms with E-state index in [9.17, 15) is 14.4 Å². The molecule has 1 aromatic heterocycles. The summed E-state index contributed by atoms with van der Waals surface area (Å²) in [5.74, 6) is -0.302. The van der Waals surface area contributed by atoms with Crippen molar-refractivity contribution in [2.45, 2.75) is 46.1 Å². The van der Waals surface area contributed by atoms with Crippen LogP contribution in [0.1, 0.15) is 49.7 Å². The van der Waals surface area contributed by atoms with Crippen LogP contribution in [0.5, 0.6) is 0 Å². The number of carbonyl (C=O) groups excluding carboxylic acids is 3. The third kappa shape index (κ3) is 7.44. The highest BCUT2D eigenvalue weighted by atomic mass is 32.1. The largest absolute Gasteiger partial charge is 0.383 e. The molecule has 162 valence electrons. The van der Waals surface area contributed by atoms with E-state index in [2.05, 4.69) is 31.4 Å². The Bertz CT molecular complexity index is 677. The van der Waals surface area contributed by atoms with Crippen LogP contribution >= 0.6 is 11.3 Å². The third-order valence-electron chi connectivity index (χ3n) is 4.96. The van der Waals surface area contributed by atoms with E-state index in [0.717, 1.165) is 0 Å². The molecule has 1 fully saturated rings. The van der Waals surface area contributed by atoms with Gasteiger partial charge in [0, 0.05) is 33.2 Å². The van der Waals surface area contributed by atoms with Crippen LogP contribution in [0.25, 0.3) is 0 Å². The zero-order chi connectivity index (χ0) is 21.4. The van der Waals surface area contributed by atoms with Crippen LogP contribution in [0.2, 0.25) is 0 Å². The number of amides is 3. The summed E-state index contributed by atoms with van der Waals surface area (Å²) in [4.78, 5) is 40.3. The Hall–Kier alpha value is -1.93. The van der Waals surface area contributed by atoms with Crippen LogP contribution in [0.3, 0.4) is 0 Å². The molecule has 0 radical (unpaired) electrons. The van der Waals surface area contributed by atoms with Gasteiger partial charge in [0.2, 0.25) is 11.8 Å². The molecule has 1 aromatic rings. The minimum atomic E-state index is -0.624. The van der Waals surface area contributed by atoms with Crippen molar-refractivity contribution in [2.75, 3.05) is 33.4 Å². The van der Waals surface area contributed by atoms with Gasteiger partial charge in [0.25, 0.3) is 5.91 Å². The molecule has 2 heterocycles. The molecular formula is C21H33N3O4S. The highest BCUT2D eigenvalue weighted by molar-refractivity contribution is 7.12. The molecule has 1 unspecified atom stereocenters. The summed E-state index contributed by atoms with van der Waals surface area (Å²) in [6, 6.07) is 2.93. The first kappa shape index (κ1) is 23.3. The fourth-order valence-electron chi connectivity index (χ4n) is 3.45. The van der Waals surface area contributed by atoms with Crippen LogP contribution in [0.15, 0.2) is 17.5 Å². The lowest BCUT2D eigenvalue weighted by Crippen LogP contribution is -2.54. The number of likely N-dealkylation sites (tertiary alicyclic amines) is 1. The molecule has 0 spiro atoms. The van der Waals surface area contributed by atoms with Gasteiger partial charge in [-0.2, -0.15) is 0 Å². The predicted octanol–water partition coefficient (Wildman–Crippen LogP) is 2.28. The lowest BCUT2D eigenvalue weighted by molar-refractivity contribution is -0.134. The molecule has 1 aliphatic heterocycles. The summed E-state index contributed by atoms with van der Waals surface area (Å²) in [6.45, 7) is 8.18. The van der Waals surface area contributed by atoms with Crippen LogP contribution in [0.4, 0.5) is 0 Å². The Morgan fingerprint density at radius 2 is 1.97 bits per heavy atom. The van der Waals surface area contributed by atoms with E-state index >= 15 is 0 Å². The molecule has 1 atom stereocenters. The summed E-state index contributed by atoms with van der Waals surface area (Å²) >= 11 is 1.35. The Labute approximate surface area is 177 Å². The van der Waals surface area contributed by atoms with E-state index in [1.165, 1.54) is 11.3 Å². The summed E-state index contributed by atoms with van der Waals surface area (Å²) in [6.07, 6.45) is 1.87. The quantitative estimate of drug-likeness (QED) is 0.628. The molecule has 3 amide bonds. The fraction of sp³-hybridized carbons (Fsp3) is 0.667. The van der Waals surface area contributed by atoms with Crippen molar-refractivity contribution >= 4 is 29.1 Å². The van der Waals surface area contributed by atoms with E-state index in [4.69, 9.17) is 4.74 Å². The van der Waals surface area contributed by atoms with Crippen molar-refractivity contribution in [2.24, 2.45) is 11.3 Å². The van der Waals surface area contributed by atoms with Crippen molar-refractivity contribution in [3.63, 3.8) is 0 Å². The van der Waals surface area contributed by atoms with Gasteiger partial charge in [0.05, 0.1) is 11.5 Å². The maximum absolute atomic E-state index is 12.8. The molecule has 2 N–H and O–H groups in total. The van der Waals surface area contributed by atoms with Crippen molar-refractivity contribution < 1.29 is 19.1 Å². The zero-order valence-corrected chi connectivity index (χ0v) is 18.6. The number of thiophene rings is 1. The molecule has 1 aliphatic rings. The first-order valence-electron chi connectivity index (χ1n) is 10.1. The SMILES string of the molecule is COCCNC(=O)C(NC(=O)c1cccs1)C1CCN(C(=O)CC(C)(C)C)CC1. The number of ether oxygens (including phenoxy) is 1. The van der Waals surface area contributed by atoms with Crippen molar-refractivity contribution in [1.29, 1.82) is 0 Å². The minimum absolute atomic E-state index is 0.0138. The van der Waals surface area contributed by atoms with E-state index < -0.39 is 6.04 Å². The van der Waals surface area contributed by atoms with Gasteiger partial charge in [-0.3, -0.25) is 14.4 Å². The molecular weight excluding hydrogens is 390 g/mol. The summed E-state index contributed by atoms with van der Waals surface area (Å²) in [5.41, 5.74) is -0.0492. The second-order valence-corrected chi connectivity index (χ2v) is 9.62. The van der Waals surface area contributed by atoms with Gasteiger partial charge in [0.15, 0.2) is 0 Å². The second-order valence-electron chi connectivity index (χ2n) is 8.67. The number of carbonyl (C=O) groups is 3. The molecule has 0 aliphatic carbocycles. The Morgan fingerprint density at radius 1 is 1.28 bits per heavy atom. The number of nitrogens with one attached hydrogen (secondary N) is 2. The normalized spacial score (nSPS) is 16.3. The van der Waals surface area contributed by atoms with Gasteiger partial charge in [-0.1, -0.05) is 26.8 Å². The average molecular weight is 424 g/mol. The molecule has 0 bridgehead atoms. The maximum atomic E-state index is 12.8. The van der Waals surface area contributed by atoms with Crippen molar-refractivity contribution in [3.8, 4) is 0 Å². The Kier molecular flexibility index (Phi) is 8.64. The highest BCUT2D eigenvalue weighted by Crippen LogP contribution is 2.25. The smallest absolute Gasteiger partial charge is 0.262 e. The number of rotatable bonds is 8. The predicted molar refractivity (Wildman–Crippen MR) is 114 cm³/mol. The number of hydrogen-bond donors (Lipinski definition) is 2. The van der Waals surface area contributed by atoms with Crippen molar-refractivity contribution in [3.05, 3.63) is 22.4 Å². The highest BCUT2D eigenvalue weighted by Gasteiger charge is 2.34. The molecule has 1 saturated heterocycles. The molecule has 8 heteroatoms. The number of methoxy groups -OCH3 is 1. The van der Waals surface area contributed by atoms with Crippen LogP contribution < -0.4 is 10.6 Å². The molecule has 2 rings (SSSR count). The maximum Gasteiger partial charge on any atom is 0.262 e. The molecule has 7 nitrogen and oxygen atoms in total. The van der Waals surface area contributed by atoms with Gasteiger partial charge < -0.3 is 20.3 Å². The van der Waals surface area contributed by atoms with E-state index in [1.54, 1.807) is 13.2 Å². The third-order valence-corrected chi connectivity index (χ3v) is 5.83. The fourth-order valence-corrected chi connectivity index (χ4v) is 4.08. The van der Waals surface area contributed by atoms with Crippen molar-refractivity contribution in [1.82, 2.24) is 15.5 Å².